The number of ether oxygens (including phenoxy) is 1. The van der Waals surface area contributed by atoms with Gasteiger partial charge in [-0.2, -0.15) is 0 Å². The van der Waals surface area contributed by atoms with E-state index in [0.29, 0.717) is 13.2 Å². The number of para-hydroxylation sites is 1. The summed E-state index contributed by atoms with van der Waals surface area (Å²) >= 11 is 0. The molecule has 1 fully saturated rings. The first-order valence-corrected chi connectivity index (χ1v) is 11.4. The van der Waals surface area contributed by atoms with E-state index in [4.69, 9.17) is 4.74 Å². The van der Waals surface area contributed by atoms with Gasteiger partial charge in [0.15, 0.2) is 5.82 Å². The van der Waals surface area contributed by atoms with E-state index in [2.05, 4.69) is 49.1 Å². The average Bonchev–Trinajstić information content (AvgIpc) is 3.05. The number of amides is 1. The fourth-order valence-corrected chi connectivity index (χ4v) is 4.58. The monoisotopic (exact) mass is 426 g/mol. The van der Waals surface area contributed by atoms with Gasteiger partial charge in [0.1, 0.15) is 11.6 Å². The molecule has 4 rings (SSSR count). The molecule has 8 nitrogen and oxygen atoms in total. The normalized spacial score (nSPS) is 20.1. The number of nitrogens with one attached hydrogen (secondary N) is 1. The zero-order valence-electron chi connectivity index (χ0n) is 18.7. The summed E-state index contributed by atoms with van der Waals surface area (Å²) < 4.78 is 7.97. The summed E-state index contributed by atoms with van der Waals surface area (Å²) in [6, 6.07) is 8.26. The van der Waals surface area contributed by atoms with Crippen LogP contribution in [0.5, 0.6) is 5.75 Å². The molecule has 1 aromatic heterocycles. The fourth-order valence-electron chi connectivity index (χ4n) is 4.58. The number of fused-ring (bicyclic) bond motifs is 1. The summed E-state index contributed by atoms with van der Waals surface area (Å²) in [5, 5.41) is 11.9. The molecule has 1 N–H and O–H groups in total. The Kier molecular flexibility index (Phi) is 7.19. The second-order valence-corrected chi connectivity index (χ2v) is 8.57. The molecular formula is C23H34N6O2. The smallest absolute Gasteiger partial charge is 0.224 e. The number of hydrogen-bond donors (Lipinski definition) is 1. The highest BCUT2D eigenvalue weighted by Gasteiger charge is 2.25. The minimum Gasteiger partial charge on any atom is -0.494 e. The maximum absolute atomic E-state index is 12.6. The SMILES string of the molecule is CCOc1ccccc1CN1CCc2nnc(CNC(=O)[C@@H]3CCCN(C)C3)n2CC1. The number of piperidine rings is 1. The highest BCUT2D eigenvalue weighted by molar-refractivity contribution is 5.78. The van der Waals surface area contributed by atoms with Gasteiger partial charge < -0.3 is 19.5 Å². The van der Waals surface area contributed by atoms with Crippen LogP contribution < -0.4 is 10.1 Å². The molecule has 168 valence electrons. The summed E-state index contributed by atoms with van der Waals surface area (Å²) in [6.07, 6.45) is 2.90. The lowest BCUT2D eigenvalue weighted by atomic mass is 9.98. The summed E-state index contributed by atoms with van der Waals surface area (Å²) in [6.45, 7) is 8.57. The molecule has 1 amide bonds. The van der Waals surface area contributed by atoms with Crippen LogP contribution in [0.25, 0.3) is 0 Å². The van der Waals surface area contributed by atoms with E-state index in [-0.39, 0.29) is 11.8 Å². The number of rotatable bonds is 7. The third-order valence-electron chi connectivity index (χ3n) is 6.28. The van der Waals surface area contributed by atoms with Crippen molar-refractivity contribution in [1.29, 1.82) is 0 Å². The first-order chi connectivity index (χ1) is 15.1. The standard InChI is InChI=1S/C23H34N6O2/c1-3-31-20-9-5-4-7-18(20)17-28-12-10-21-25-26-22(29(21)14-13-28)15-24-23(30)19-8-6-11-27(2)16-19/h4-5,7,9,19H,3,6,8,10-17H2,1-2H3,(H,24,30)/t19-/m1/s1. The zero-order chi connectivity index (χ0) is 21.6. The van der Waals surface area contributed by atoms with Crippen molar-refractivity contribution in [2.45, 2.75) is 45.8 Å². The number of likely N-dealkylation sites (tertiary alicyclic amines) is 1. The quantitative estimate of drug-likeness (QED) is 0.726. The Morgan fingerprint density at radius 3 is 2.90 bits per heavy atom. The Bertz CT molecular complexity index is 883. The number of carbonyl (C=O) groups is 1. The molecular weight excluding hydrogens is 392 g/mol. The van der Waals surface area contributed by atoms with E-state index in [9.17, 15) is 4.79 Å². The minimum atomic E-state index is 0.0752. The molecule has 1 atom stereocenters. The van der Waals surface area contributed by atoms with E-state index in [1.165, 1.54) is 5.56 Å². The van der Waals surface area contributed by atoms with Crippen LogP contribution in [-0.4, -0.2) is 70.3 Å². The highest BCUT2D eigenvalue weighted by Crippen LogP contribution is 2.21. The molecule has 0 saturated carbocycles. The van der Waals surface area contributed by atoms with Gasteiger partial charge in [0, 0.05) is 44.7 Å². The van der Waals surface area contributed by atoms with Crippen LogP contribution in [0.4, 0.5) is 0 Å². The van der Waals surface area contributed by atoms with Crippen LogP contribution in [0, 0.1) is 5.92 Å². The summed E-state index contributed by atoms with van der Waals surface area (Å²) in [5.74, 6) is 3.02. The first kappa shape index (κ1) is 21.8. The van der Waals surface area contributed by atoms with Crippen LogP contribution in [0.2, 0.25) is 0 Å². The zero-order valence-corrected chi connectivity index (χ0v) is 18.7. The lowest BCUT2D eigenvalue weighted by molar-refractivity contribution is -0.126. The van der Waals surface area contributed by atoms with Crippen LogP contribution in [-0.2, 0) is 30.8 Å². The third kappa shape index (κ3) is 5.43. The molecule has 0 spiro atoms. The van der Waals surface area contributed by atoms with Crippen molar-refractivity contribution in [3.63, 3.8) is 0 Å². The van der Waals surface area contributed by atoms with Gasteiger partial charge in [-0.3, -0.25) is 9.69 Å². The van der Waals surface area contributed by atoms with Crippen molar-refractivity contribution < 1.29 is 9.53 Å². The lowest BCUT2D eigenvalue weighted by Crippen LogP contribution is -2.41. The van der Waals surface area contributed by atoms with Crippen LogP contribution >= 0.6 is 0 Å². The van der Waals surface area contributed by atoms with Crippen molar-refractivity contribution in [2.24, 2.45) is 5.92 Å². The van der Waals surface area contributed by atoms with Crippen molar-refractivity contribution >= 4 is 5.91 Å². The molecule has 1 aromatic carbocycles. The minimum absolute atomic E-state index is 0.0752. The van der Waals surface area contributed by atoms with Crippen molar-refractivity contribution in [3.05, 3.63) is 41.5 Å². The van der Waals surface area contributed by atoms with E-state index in [1.54, 1.807) is 0 Å². The molecule has 0 radical (unpaired) electrons. The van der Waals surface area contributed by atoms with E-state index < -0.39 is 0 Å². The van der Waals surface area contributed by atoms with Gasteiger partial charge in [-0.05, 0) is 39.4 Å². The Balaban J connectivity index is 1.34. The van der Waals surface area contributed by atoms with Gasteiger partial charge >= 0.3 is 0 Å². The van der Waals surface area contributed by atoms with Crippen molar-refractivity contribution in [1.82, 2.24) is 29.9 Å². The van der Waals surface area contributed by atoms with E-state index >= 15 is 0 Å². The Morgan fingerprint density at radius 1 is 1.19 bits per heavy atom. The molecule has 2 aliphatic rings. The Hall–Kier alpha value is -2.45. The van der Waals surface area contributed by atoms with Crippen molar-refractivity contribution in [2.75, 3.05) is 39.8 Å². The molecule has 0 bridgehead atoms. The Morgan fingerprint density at radius 2 is 2.06 bits per heavy atom. The molecule has 8 heteroatoms. The molecule has 0 aliphatic carbocycles. The van der Waals surface area contributed by atoms with E-state index in [1.807, 2.05) is 19.1 Å². The largest absolute Gasteiger partial charge is 0.494 e. The van der Waals surface area contributed by atoms with Crippen molar-refractivity contribution in [3.8, 4) is 5.75 Å². The average molecular weight is 427 g/mol. The molecule has 3 heterocycles. The van der Waals surface area contributed by atoms with Gasteiger partial charge in [-0.25, -0.2) is 0 Å². The second-order valence-electron chi connectivity index (χ2n) is 8.57. The maximum Gasteiger partial charge on any atom is 0.224 e. The van der Waals surface area contributed by atoms with Gasteiger partial charge in [0.25, 0.3) is 0 Å². The molecule has 2 aromatic rings. The van der Waals surface area contributed by atoms with Crippen LogP contribution in [0.3, 0.4) is 0 Å². The number of nitrogens with zero attached hydrogens (tertiary/aromatic N) is 5. The second kappa shape index (κ2) is 10.2. The summed E-state index contributed by atoms with van der Waals surface area (Å²) in [4.78, 5) is 17.3. The maximum atomic E-state index is 12.6. The van der Waals surface area contributed by atoms with Crippen LogP contribution in [0.1, 0.15) is 37.0 Å². The van der Waals surface area contributed by atoms with Gasteiger partial charge in [0.05, 0.1) is 19.1 Å². The topological polar surface area (TPSA) is 75.5 Å². The van der Waals surface area contributed by atoms with Gasteiger partial charge in [-0.1, -0.05) is 18.2 Å². The van der Waals surface area contributed by atoms with Crippen LogP contribution in [0.15, 0.2) is 24.3 Å². The number of aromatic nitrogens is 3. The predicted octanol–water partition coefficient (Wildman–Crippen LogP) is 1.69. The number of hydrogen-bond acceptors (Lipinski definition) is 6. The lowest BCUT2D eigenvalue weighted by Gasteiger charge is -2.28. The number of benzene rings is 1. The van der Waals surface area contributed by atoms with E-state index in [0.717, 1.165) is 75.9 Å². The Labute approximate surface area is 184 Å². The first-order valence-electron chi connectivity index (χ1n) is 11.4. The van der Waals surface area contributed by atoms with Gasteiger partial charge in [-0.15, -0.1) is 10.2 Å². The van der Waals surface area contributed by atoms with Gasteiger partial charge in [0.2, 0.25) is 5.91 Å². The molecule has 1 saturated heterocycles. The number of carbonyl (C=O) groups excluding carboxylic acids is 1. The summed E-state index contributed by atoms with van der Waals surface area (Å²) in [5.41, 5.74) is 1.21. The molecule has 0 unspecified atom stereocenters. The third-order valence-corrected chi connectivity index (χ3v) is 6.28. The molecule has 2 aliphatic heterocycles. The fraction of sp³-hybridized carbons (Fsp3) is 0.609. The summed E-state index contributed by atoms with van der Waals surface area (Å²) in [7, 11) is 2.08. The highest BCUT2D eigenvalue weighted by atomic mass is 16.5. The predicted molar refractivity (Wildman–Crippen MR) is 119 cm³/mol. The molecule has 31 heavy (non-hydrogen) atoms.